The molecule has 2 heteroatoms. The number of para-hydroxylation sites is 1. The van der Waals surface area contributed by atoms with E-state index in [9.17, 15) is 0 Å². The average molecular weight is 664 g/mol. The van der Waals surface area contributed by atoms with Crippen molar-refractivity contribution in [3.63, 3.8) is 0 Å². The zero-order valence-corrected chi connectivity index (χ0v) is 28.4. The zero-order chi connectivity index (χ0) is 34.4. The van der Waals surface area contributed by atoms with E-state index in [2.05, 4.69) is 205 Å². The van der Waals surface area contributed by atoms with E-state index < -0.39 is 0 Å². The molecule has 1 aliphatic rings. The Hall–Kier alpha value is -6.90. The summed E-state index contributed by atoms with van der Waals surface area (Å²) in [7, 11) is 0. The molecule has 1 aliphatic heterocycles. The molecule has 0 saturated carbocycles. The minimum absolute atomic E-state index is 0.885. The van der Waals surface area contributed by atoms with Crippen LogP contribution in [0.25, 0.3) is 66.1 Å². The van der Waals surface area contributed by atoms with Crippen LogP contribution in [0.3, 0.4) is 0 Å². The summed E-state index contributed by atoms with van der Waals surface area (Å²) in [4.78, 5) is 2.38. The normalized spacial score (nSPS) is 11.6. The first-order valence-corrected chi connectivity index (χ1v) is 17.8. The molecule has 52 heavy (non-hydrogen) atoms. The predicted octanol–water partition coefficient (Wildman–Crippen LogP) is 14.2. The van der Waals surface area contributed by atoms with Crippen LogP contribution in [-0.2, 0) is 0 Å². The van der Waals surface area contributed by atoms with Gasteiger partial charge in [-0.3, -0.25) is 0 Å². The van der Waals surface area contributed by atoms with Gasteiger partial charge in [-0.05, 0) is 104 Å². The second-order valence-electron chi connectivity index (χ2n) is 13.4. The smallest absolute Gasteiger partial charge is 0.135 e. The Morgan fingerprint density at radius 2 is 0.942 bits per heavy atom. The molecule has 0 aromatic heterocycles. The van der Waals surface area contributed by atoms with Crippen molar-refractivity contribution in [3.8, 4) is 56.0 Å². The Morgan fingerprint density at radius 1 is 0.308 bits per heavy atom. The van der Waals surface area contributed by atoms with E-state index in [-0.39, 0.29) is 0 Å². The van der Waals surface area contributed by atoms with Gasteiger partial charge in [-0.25, -0.2) is 0 Å². The molecule has 0 atom stereocenters. The molecule has 0 amide bonds. The number of fused-ring (bicyclic) bond motifs is 3. The van der Waals surface area contributed by atoms with Crippen LogP contribution in [0.4, 0.5) is 17.1 Å². The number of hydrogen-bond acceptors (Lipinski definition) is 2. The Bertz CT molecular complexity index is 2760. The molecule has 9 aromatic carbocycles. The first kappa shape index (κ1) is 30.0. The van der Waals surface area contributed by atoms with Crippen molar-refractivity contribution in [2.75, 3.05) is 4.90 Å². The van der Waals surface area contributed by atoms with E-state index >= 15 is 0 Å². The van der Waals surface area contributed by atoms with Crippen molar-refractivity contribution in [2.24, 2.45) is 0 Å². The van der Waals surface area contributed by atoms with Gasteiger partial charge in [-0.1, -0.05) is 146 Å². The molecule has 0 spiro atoms. The van der Waals surface area contributed by atoms with Crippen LogP contribution in [0.5, 0.6) is 11.5 Å². The van der Waals surface area contributed by atoms with Gasteiger partial charge in [0.15, 0.2) is 0 Å². The third-order valence-corrected chi connectivity index (χ3v) is 10.2. The van der Waals surface area contributed by atoms with Gasteiger partial charge in [0.2, 0.25) is 0 Å². The maximum Gasteiger partial charge on any atom is 0.135 e. The zero-order valence-electron chi connectivity index (χ0n) is 28.4. The summed E-state index contributed by atoms with van der Waals surface area (Å²) in [5.74, 6) is 1.80. The van der Waals surface area contributed by atoms with Crippen LogP contribution in [0.15, 0.2) is 200 Å². The van der Waals surface area contributed by atoms with Crippen molar-refractivity contribution in [1.82, 2.24) is 0 Å². The predicted molar refractivity (Wildman–Crippen MR) is 218 cm³/mol. The summed E-state index contributed by atoms with van der Waals surface area (Å²) in [6.07, 6.45) is 0. The summed E-state index contributed by atoms with van der Waals surface area (Å²) in [6, 6.07) is 71.7. The van der Waals surface area contributed by atoms with E-state index in [4.69, 9.17) is 4.74 Å². The summed E-state index contributed by atoms with van der Waals surface area (Å²) in [5.41, 5.74) is 12.6. The molecule has 0 aliphatic carbocycles. The van der Waals surface area contributed by atoms with Crippen LogP contribution in [0, 0.1) is 0 Å². The maximum atomic E-state index is 6.43. The molecular weight excluding hydrogens is 631 g/mol. The summed E-state index contributed by atoms with van der Waals surface area (Å²) >= 11 is 0. The van der Waals surface area contributed by atoms with Crippen LogP contribution in [0.1, 0.15) is 0 Å². The number of ether oxygens (including phenoxy) is 1. The SMILES string of the molecule is c1ccc(-c2ccccc2N(c2ccc(-c3ccc4ccccc4c3)cc2)c2cccc(-c3ccc4c(c3)-c3cccc5cccc(c35)O4)c2)cc1. The number of nitrogens with zero attached hydrogens (tertiary/aromatic N) is 1. The Labute approximate surface area is 303 Å². The lowest BCUT2D eigenvalue weighted by Crippen LogP contribution is -2.11. The van der Waals surface area contributed by atoms with Crippen molar-refractivity contribution < 1.29 is 4.74 Å². The highest BCUT2D eigenvalue weighted by Gasteiger charge is 2.21. The standard InChI is InChI=1S/C50H33NO/c1-2-12-36(13-3-1)44-19-6-7-21-47(44)51(42-28-25-35(26-29-42)40-24-23-34-11-4-5-14-38(34)31-40)43-18-8-17-39(32-43)41-27-30-48-46(33-41)45-20-9-15-37-16-10-22-49(52-48)50(37)45/h1-33H. The van der Waals surface area contributed by atoms with Crippen LogP contribution in [0.2, 0.25) is 0 Å². The van der Waals surface area contributed by atoms with Crippen LogP contribution in [-0.4, -0.2) is 0 Å². The second kappa shape index (κ2) is 12.5. The molecule has 10 rings (SSSR count). The monoisotopic (exact) mass is 663 g/mol. The van der Waals surface area contributed by atoms with E-state index in [0.717, 1.165) is 45.3 Å². The van der Waals surface area contributed by atoms with Crippen molar-refractivity contribution in [3.05, 3.63) is 200 Å². The van der Waals surface area contributed by atoms with Gasteiger partial charge < -0.3 is 9.64 Å². The molecule has 0 saturated heterocycles. The van der Waals surface area contributed by atoms with Gasteiger partial charge in [-0.15, -0.1) is 0 Å². The molecule has 244 valence electrons. The first-order valence-electron chi connectivity index (χ1n) is 17.8. The van der Waals surface area contributed by atoms with Crippen molar-refractivity contribution in [2.45, 2.75) is 0 Å². The summed E-state index contributed by atoms with van der Waals surface area (Å²) in [6.45, 7) is 0. The highest BCUT2D eigenvalue weighted by atomic mass is 16.5. The highest BCUT2D eigenvalue weighted by Crippen LogP contribution is 2.48. The molecule has 9 aromatic rings. The van der Waals surface area contributed by atoms with E-state index in [0.29, 0.717) is 0 Å². The molecule has 0 unspecified atom stereocenters. The molecule has 2 nitrogen and oxygen atoms in total. The molecular formula is C50H33NO. The summed E-state index contributed by atoms with van der Waals surface area (Å²) < 4.78 is 6.43. The molecule has 1 heterocycles. The average Bonchev–Trinajstić information content (AvgIpc) is 3.22. The lowest BCUT2D eigenvalue weighted by atomic mass is 9.92. The van der Waals surface area contributed by atoms with Gasteiger partial charge >= 0.3 is 0 Å². The van der Waals surface area contributed by atoms with Crippen LogP contribution >= 0.6 is 0 Å². The van der Waals surface area contributed by atoms with Gasteiger partial charge in [-0.2, -0.15) is 0 Å². The molecule has 0 fully saturated rings. The third kappa shape index (κ3) is 5.21. The van der Waals surface area contributed by atoms with E-state index in [1.807, 2.05) is 0 Å². The maximum absolute atomic E-state index is 6.43. The third-order valence-electron chi connectivity index (χ3n) is 10.2. The van der Waals surface area contributed by atoms with Crippen molar-refractivity contribution >= 4 is 38.6 Å². The number of anilines is 3. The van der Waals surface area contributed by atoms with Gasteiger partial charge in [0.25, 0.3) is 0 Å². The Kier molecular flexibility index (Phi) is 7.18. The Morgan fingerprint density at radius 3 is 1.83 bits per heavy atom. The number of hydrogen-bond donors (Lipinski definition) is 0. The number of rotatable bonds is 6. The largest absolute Gasteiger partial charge is 0.456 e. The molecule has 0 N–H and O–H groups in total. The topological polar surface area (TPSA) is 12.5 Å². The minimum Gasteiger partial charge on any atom is -0.456 e. The minimum atomic E-state index is 0.885. The van der Waals surface area contributed by atoms with E-state index in [1.54, 1.807) is 0 Å². The fourth-order valence-corrected chi connectivity index (χ4v) is 7.70. The number of benzene rings is 9. The lowest BCUT2D eigenvalue weighted by Gasteiger charge is -2.28. The quantitative estimate of drug-likeness (QED) is 0.176. The van der Waals surface area contributed by atoms with Crippen molar-refractivity contribution in [1.29, 1.82) is 0 Å². The van der Waals surface area contributed by atoms with Gasteiger partial charge in [0, 0.05) is 27.9 Å². The lowest BCUT2D eigenvalue weighted by molar-refractivity contribution is 0.487. The summed E-state index contributed by atoms with van der Waals surface area (Å²) in [5, 5.41) is 4.85. The molecule has 0 bridgehead atoms. The fourth-order valence-electron chi connectivity index (χ4n) is 7.70. The first-order chi connectivity index (χ1) is 25.8. The van der Waals surface area contributed by atoms with Gasteiger partial charge in [0.1, 0.15) is 11.5 Å². The second-order valence-corrected chi connectivity index (χ2v) is 13.4. The highest BCUT2D eigenvalue weighted by molar-refractivity contribution is 6.04. The Balaban J connectivity index is 1.09. The van der Waals surface area contributed by atoms with Gasteiger partial charge in [0.05, 0.1) is 5.69 Å². The van der Waals surface area contributed by atoms with E-state index in [1.165, 1.54) is 49.4 Å². The fraction of sp³-hybridized carbons (Fsp3) is 0. The molecule has 0 radical (unpaired) electrons. The van der Waals surface area contributed by atoms with Crippen LogP contribution < -0.4 is 9.64 Å².